The molecule has 4 rings (SSSR count). The average molecular weight is 392 g/mol. The highest BCUT2D eigenvalue weighted by Crippen LogP contribution is 2.16. The summed E-state index contributed by atoms with van der Waals surface area (Å²) < 4.78 is 5.49. The molecule has 0 aliphatic carbocycles. The second-order valence-electron chi connectivity index (χ2n) is 7.86. The van der Waals surface area contributed by atoms with Crippen LogP contribution in [0.4, 0.5) is 0 Å². The van der Waals surface area contributed by atoms with Gasteiger partial charge in [-0.1, -0.05) is 48.5 Å². The van der Waals surface area contributed by atoms with Crippen LogP contribution in [0.2, 0.25) is 0 Å². The number of para-hydroxylation sites is 1. The number of fused-ring (bicyclic) bond motifs is 1. The fourth-order valence-corrected chi connectivity index (χ4v) is 3.99. The Morgan fingerprint density at radius 3 is 2.55 bits per heavy atom. The van der Waals surface area contributed by atoms with Gasteiger partial charge in [0.05, 0.1) is 13.2 Å². The molecule has 152 valence electrons. The molecule has 29 heavy (non-hydrogen) atoms. The Morgan fingerprint density at radius 2 is 1.76 bits per heavy atom. The van der Waals surface area contributed by atoms with E-state index in [0.717, 1.165) is 55.9 Å². The van der Waals surface area contributed by atoms with E-state index >= 15 is 0 Å². The zero-order valence-corrected chi connectivity index (χ0v) is 17.0. The molecule has 5 heteroatoms. The minimum Gasteiger partial charge on any atom is -0.379 e. The number of rotatable bonds is 7. The fourth-order valence-electron chi connectivity index (χ4n) is 3.99. The number of aromatic amines is 1. The maximum Gasteiger partial charge on any atom is 0.252 e. The van der Waals surface area contributed by atoms with Gasteiger partial charge < -0.3 is 9.72 Å². The molecular weight excluding hydrogens is 362 g/mol. The molecule has 3 aromatic rings. The number of benzene rings is 2. The number of morpholine rings is 1. The lowest BCUT2D eigenvalue weighted by molar-refractivity contribution is 0.0225. The van der Waals surface area contributed by atoms with Crippen molar-refractivity contribution in [2.75, 3.05) is 32.8 Å². The van der Waals surface area contributed by atoms with Gasteiger partial charge in [-0.05, 0) is 30.0 Å². The third kappa shape index (κ3) is 5.12. The number of hydrogen-bond acceptors (Lipinski definition) is 4. The normalized spacial score (nSPS) is 16.3. The molecule has 2 aromatic carbocycles. The van der Waals surface area contributed by atoms with Gasteiger partial charge in [-0.15, -0.1) is 0 Å². The van der Waals surface area contributed by atoms with E-state index in [1.807, 2.05) is 36.4 Å². The topological polar surface area (TPSA) is 48.6 Å². The Kier molecular flexibility index (Phi) is 6.39. The van der Waals surface area contributed by atoms with Gasteiger partial charge in [0.15, 0.2) is 0 Å². The van der Waals surface area contributed by atoms with Gasteiger partial charge in [0, 0.05) is 49.8 Å². The van der Waals surface area contributed by atoms with Crippen molar-refractivity contribution in [3.8, 4) is 0 Å². The van der Waals surface area contributed by atoms with E-state index in [-0.39, 0.29) is 5.56 Å². The maximum absolute atomic E-state index is 12.7. The van der Waals surface area contributed by atoms with Crippen LogP contribution in [0.25, 0.3) is 10.9 Å². The van der Waals surface area contributed by atoms with Gasteiger partial charge in [0.1, 0.15) is 0 Å². The van der Waals surface area contributed by atoms with E-state index in [4.69, 9.17) is 4.74 Å². The number of hydrogen-bond donors (Lipinski definition) is 1. The van der Waals surface area contributed by atoms with Crippen LogP contribution in [-0.4, -0.2) is 53.7 Å². The van der Waals surface area contributed by atoms with Crippen molar-refractivity contribution in [3.63, 3.8) is 0 Å². The van der Waals surface area contributed by atoms with Crippen molar-refractivity contribution in [1.82, 2.24) is 14.8 Å². The SMILES string of the molecule is CC(CN1CCOCC1)N(Cc1ccccc1)Cc1cc2ccccc2[nH]c1=O. The summed E-state index contributed by atoms with van der Waals surface area (Å²) in [5.41, 5.74) is 2.96. The molecule has 1 fully saturated rings. The standard InChI is InChI=1S/C24H29N3O2/c1-19(16-26-11-13-29-14-12-26)27(17-20-7-3-2-4-8-20)18-22-15-21-9-5-6-10-23(21)25-24(22)28/h2-10,15,19H,11-14,16-18H2,1H3,(H,25,28). The first kappa shape index (κ1) is 19.8. The molecule has 1 saturated heterocycles. The molecule has 0 spiro atoms. The molecule has 1 aliphatic heterocycles. The number of nitrogens with one attached hydrogen (secondary N) is 1. The molecule has 0 radical (unpaired) electrons. The molecule has 5 nitrogen and oxygen atoms in total. The number of ether oxygens (including phenoxy) is 1. The number of nitrogens with zero attached hydrogens (tertiary/aromatic N) is 2. The summed E-state index contributed by atoms with van der Waals surface area (Å²) >= 11 is 0. The third-order valence-electron chi connectivity index (χ3n) is 5.68. The van der Waals surface area contributed by atoms with Crippen molar-refractivity contribution < 1.29 is 4.74 Å². The third-order valence-corrected chi connectivity index (χ3v) is 5.68. The second-order valence-corrected chi connectivity index (χ2v) is 7.86. The lowest BCUT2D eigenvalue weighted by Gasteiger charge is -2.35. The number of aromatic nitrogens is 1. The molecule has 0 saturated carbocycles. The van der Waals surface area contributed by atoms with Gasteiger partial charge in [-0.2, -0.15) is 0 Å². The first-order valence-corrected chi connectivity index (χ1v) is 10.4. The lowest BCUT2D eigenvalue weighted by Crippen LogP contribution is -2.46. The molecule has 1 aliphatic rings. The lowest BCUT2D eigenvalue weighted by atomic mass is 10.1. The van der Waals surface area contributed by atoms with Gasteiger partial charge in [-0.3, -0.25) is 14.6 Å². The number of H-pyrrole nitrogens is 1. The van der Waals surface area contributed by atoms with E-state index < -0.39 is 0 Å². The molecule has 1 unspecified atom stereocenters. The quantitative estimate of drug-likeness (QED) is 0.672. The Morgan fingerprint density at radius 1 is 1.03 bits per heavy atom. The van der Waals surface area contributed by atoms with Gasteiger partial charge in [0.25, 0.3) is 5.56 Å². The van der Waals surface area contributed by atoms with E-state index in [0.29, 0.717) is 12.6 Å². The monoisotopic (exact) mass is 391 g/mol. The van der Waals surface area contributed by atoms with Crippen LogP contribution in [0.5, 0.6) is 0 Å². The number of pyridine rings is 1. The average Bonchev–Trinajstić information content (AvgIpc) is 2.75. The van der Waals surface area contributed by atoms with Crippen LogP contribution < -0.4 is 5.56 Å². The Labute approximate surface area is 171 Å². The molecule has 1 N–H and O–H groups in total. The van der Waals surface area contributed by atoms with Gasteiger partial charge >= 0.3 is 0 Å². The summed E-state index contributed by atoms with van der Waals surface area (Å²) in [5.74, 6) is 0. The minimum absolute atomic E-state index is 0.000309. The Bertz CT molecular complexity index is 980. The highest BCUT2D eigenvalue weighted by molar-refractivity contribution is 5.78. The largest absolute Gasteiger partial charge is 0.379 e. The first-order chi connectivity index (χ1) is 14.2. The Balaban J connectivity index is 1.57. The minimum atomic E-state index is 0.000309. The predicted octanol–water partition coefficient (Wildman–Crippen LogP) is 3.25. The van der Waals surface area contributed by atoms with Crippen molar-refractivity contribution in [1.29, 1.82) is 0 Å². The second kappa shape index (κ2) is 9.35. The predicted molar refractivity (Wildman–Crippen MR) is 117 cm³/mol. The molecule has 2 heterocycles. The molecule has 1 atom stereocenters. The summed E-state index contributed by atoms with van der Waals surface area (Å²) in [6, 6.07) is 20.8. The fraction of sp³-hybridized carbons (Fsp3) is 0.375. The van der Waals surface area contributed by atoms with E-state index in [1.54, 1.807) is 0 Å². The highest BCUT2D eigenvalue weighted by Gasteiger charge is 2.21. The van der Waals surface area contributed by atoms with Crippen molar-refractivity contribution in [2.24, 2.45) is 0 Å². The summed E-state index contributed by atoms with van der Waals surface area (Å²) in [4.78, 5) is 20.6. The van der Waals surface area contributed by atoms with Crippen LogP contribution in [0.1, 0.15) is 18.1 Å². The van der Waals surface area contributed by atoms with E-state index in [1.165, 1.54) is 5.56 Å². The molecule has 0 amide bonds. The molecule has 0 bridgehead atoms. The molecule has 1 aromatic heterocycles. The van der Waals surface area contributed by atoms with Gasteiger partial charge in [0.2, 0.25) is 0 Å². The van der Waals surface area contributed by atoms with Gasteiger partial charge in [-0.25, -0.2) is 0 Å². The summed E-state index contributed by atoms with van der Waals surface area (Å²) in [6.07, 6.45) is 0. The van der Waals surface area contributed by atoms with Crippen LogP contribution >= 0.6 is 0 Å². The smallest absolute Gasteiger partial charge is 0.252 e. The summed E-state index contributed by atoms with van der Waals surface area (Å²) in [6.45, 7) is 8.22. The molecular formula is C24H29N3O2. The van der Waals surface area contributed by atoms with E-state index in [9.17, 15) is 4.79 Å². The van der Waals surface area contributed by atoms with Crippen LogP contribution in [0.15, 0.2) is 65.5 Å². The highest BCUT2D eigenvalue weighted by atomic mass is 16.5. The van der Waals surface area contributed by atoms with Crippen molar-refractivity contribution in [3.05, 3.63) is 82.1 Å². The first-order valence-electron chi connectivity index (χ1n) is 10.4. The van der Waals surface area contributed by atoms with Crippen LogP contribution in [0.3, 0.4) is 0 Å². The zero-order chi connectivity index (χ0) is 20.1. The zero-order valence-electron chi connectivity index (χ0n) is 17.0. The maximum atomic E-state index is 12.7. The van der Waals surface area contributed by atoms with Crippen molar-refractivity contribution in [2.45, 2.75) is 26.1 Å². The van der Waals surface area contributed by atoms with E-state index in [2.05, 4.69) is 46.0 Å². The van der Waals surface area contributed by atoms with Crippen LogP contribution in [-0.2, 0) is 17.8 Å². The summed E-state index contributed by atoms with van der Waals surface area (Å²) in [5, 5.41) is 1.07. The van der Waals surface area contributed by atoms with Crippen LogP contribution in [0, 0.1) is 0 Å². The van der Waals surface area contributed by atoms with Crippen molar-refractivity contribution >= 4 is 10.9 Å². The Hall–Kier alpha value is -2.47. The summed E-state index contributed by atoms with van der Waals surface area (Å²) in [7, 11) is 0.